The summed E-state index contributed by atoms with van der Waals surface area (Å²) in [4.78, 5) is 27.9. The molecule has 1 aliphatic heterocycles. The van der Waals surface area contributed by atoms with Crippen LogP contribution in [-0.4, -0.2) is 42.5 Å². The summed E-state index contributed by atoms with van der Waals surface area (Å²) in [6, 6.07) is 19.5. The lowest BCUT2D eigenvalue weighted by atomic mass is 9.95. The summed E-state index contributed by atoms with van der Waals surface area (Å²) in [5, 5.41) is 11.2. The van der Waals surface area contributed by atoms with E-state index < -0.39 is 17.7 Å². The van der Waals surface area contributed by atoms with Crippen molar-refractivity contribution in [1.29, 1.82) is 0 Å². The number of hydrogen-bond donors (Lipinski definition) is 1. The standard InChI is InChI=1S/C28H26BrNO5/c1-17-4-7-20(8-5-17)26(31)24-25(19-9-11-21(29)12-10-19)30(28(33)27(24)32)15-14-18-6-13-22(34-2)23(16-18)35-3/h4-13,16,25,31H,14-15H2,1-3H3/t25-/m0/s1. The Morgan fingerprint density at radius 2 is 1.60 bits per heavy atom. The number of rotatable bonds is 7. The molecule has 7 heteroatoms. The average molecular weight is 536 g/mol. The fourth-order valence-electron chi connectivity index (χ4n) is 4.25. The van der Waals surface area contributed by atoms with Gasteiger partial charge >= 0.3 is 0 Å². The van der Waals surface area contributed by atoms with Gasteiger partial charge in [-0.1, -0.05) is 64.0 Å². The van der Waals surface area contributed by atoms with E-state index in [1.54, 1.807) is 26.4 Å². The van der Waals surface area contributed by atoms with Crippen molar-refractivity contribution in [1.82, 2.24) is 4.90 Å². The molecule has 3 aromatic rings. The van der Waals surface area contributed by atoms with Crippen LogP contribution in [0.2, 0.25) is 0 Å². The van der Waals surface area contributed by atoms with Crippen LogP contribution >= 0.6 is 15.9 Å². The van der Waals surface area contributed by atoms with E-state index in [2.05, 4.69) is 15.9 Å². The number of carbonyl (C=O) groups is 2. The van der Waals surface area contributed by atoms with E-state index in [1.807, 2.05) is 61.5 Å². The van der Waals surface area contributed by atoms with E-state index in [0.29, 0.717) is 23.5 Å². The van der Waals surface area contributed by atoms with Crippen LogP contribution < -0.4 is 9.47 Å². The summed E-state index contributed by atoms with van der Waals surface area (Å²) < 4.78 is 11.6. The van der Waals surface area contributed by atoms with E-state index in [1.165, 1.54) is 4.90 Å². The molecule has 0 aromatic heterocycles. The Kier molecular flexibility index (Phi) is 7.26. The van der Waals surface area contributed by atoms with Crippen LogP contribution in [0.1, 0.15) is 28.3 Å². The molecule has 0 unspecified atom stereocenters. The minimum atomic E-state index is -0.704. The van der Waals surface area contributed by atoms with Gasteiger partial charge in [-0.25, -0.2) is 0 Å². The first kappa shape index (κ1) is 24.5. The topological polar surface area (TPSA) is 76.1 Å². The van der Waals surface area contributed by atoms with Crippen molar-refractivity contribution in [3.8, 4) is 11.5 Å². The molecule has 0 aliphatic carbocycles. The molecule has 1 N–H and O–H groups in total. The number of Topliss-reactive ketones (excluding diaryl/α,β-unsaturated/α-hetero) is 1. The van der Waals surface area contributed by atoms with Crippen LogP contribution in [0.5, 0.6) is 11.5 Å². The highest BCUT2D eigenvalue weighted by atomic mass is 79.9. The number of aliphatic hydroxyl groups is 1. The quantitative estimate of drug-likeness (QED) is 0.247. The maximum absolute atomic E-state index is 13.2. The van der Waals surface area contributed by atoms with Crippen molar-refractivity contribution in [2.75, 3.05) is 20.8 Å². The minimum absolute atomic E-state index is 0.0912. The summed E-state index contributed by atoms with van der Waals surface area (Å²) in [5.41, 5.74) is 3.29. The molecule has 1 atom stereocenters. The Morgan fingerprint density at radius 1 is 0.943 bits per heavy atom. The molecule has 35 heavy (non-hydrogen) atoms. The number of amides is 1. The van der Waals surface area contributed by atoms with Crippen molar-refractivity contribution in [2.24, 2.45) is 0 Å². The van der Waals surface area contributed by atoms with E-state index in [9.17, 15) is 14.7 Å². The highest BCUT2D eigenvalue weighted by Gasteiger charge is 2.45. The van der Waals surface area contributed by atoms with Gasteiger partial charge in [0.15, 0.2) is 11.5 Å². The number of aliphatic hydroxyl groups excluding tert-OH is 1. The van der Waals surface area contributed by atoms with Gasteiger partial charge in [-0.15, -0.1) is 0 Å². The summed E-state index contributed by atoms with van der Waals surface area (Å²) in [5.74, 6) is -0.291. The summed E-state index contributed by atoms with van der Waals surface area (Å²) in [6.45, 7) is 2.23. The Bertz CT molecular complexity index is 1280. The molecule has 1 fully saturated rings. The second-order valence-corrected chi connectivity index (χ2v) is 9.27. The van der Waals surface area contributed by atoms with Gasteiger partial charge in [-0.3, -0.25) is 9.59 Å². The Hall–Kier alpha value is -3.58. The van der Waals surface area contributed by atoms with Gasteiger partial charge in [0.2, 0.25) is 0 Å². The number of nitrogens with zero attached hydrogens (tertiary/aromatic N) is 1. The van der Waals surface area contributed by atoms with E-state index in [-0.39, 0.29) is 17.9 Å². The molecule has 4 rings (SSSR count). The normalized spacial score (nSPS) is 17.0. The fraction of sp³-hybridized carbons (Fsp3) is 0.214. The second-order valence-electron chi connectivity index (χ2n) is 8.35. The molecule has 1 heterocycles. The lowest BCUT2D eigenvalue weighted by molar-refractivity contribution is -0.139. The molecule has 0 saturated carbocycles. The molecular formula is C28H26BrNO5. The molecule has 0 radical (unpaired) electrons. The van der Waals surface area contributed by atoms with E-state index in [0.717, 1.165) is 21.2 Å². The minimum Gasteiger partial charge on any atom is -0.507 e. The van der Waals surface area contributed by atoms with Gasteiger partial charge in [-0.2, -0.15) is 0 Å². The summed E-state index contributed by atoms with van der Waals surface area (Å²) in [7, 11) is 3.14. The molecule has 1 saturated heterocycles. The Balaban J connectivity index is 1.73. The largest absolute Gasteiger partial charge is 0.507 e. The summed E-state index contributed by atoms with van der Waals surface area (Å²) in [6.07, 6.45) is 0.491. The smallest absolute Gasteiger partial charge is 0.295 e. The van der Waals surface area contributed by atoms with Crippen molar-refractivity contribution < 1.29 is 24.2 Å². The number of carbonyl (C=O) groups excluding carboxylic acids is 2. The van der Waals surface area contributed by atoms with Crippen molar-refractivity contribution in [3.63, 3.8) is 0 Å². The zero-order valence-electron chi connectivity index (χ0n) is 19.7. The van der Waals surface area contributed by atoms with Crippen molar-refractivity contribution >= 4 is 33.4 Å². The second kappa shape index (κ2) is 10.4. The fourth-order valence-corrected chi connectivity index (χ4v) is 4.52. The van der Waals surface area contributed by atoms with E-state index >= 15 is 0 Å². The lowest BCUT2D eigenvalue weighted by Crippen LogP contribution is -2.31. The first-order chi connectivity index (χ1) is 16.8. The molecule has 180 valence electrons. The number of methoxy groups -OCH3 is 2. The van der Waals surface area contributed by atoms with Gasteiger partial charge in [0, 0.05) is 16.6 Å². The molecule has 1 aliphatic rings. The van der Waals surface area contributed by atoms with Gasteiger partial charge in [0.1, 0.15) is 5.76 Å². The van der Waals surface area contributed by atoms with Crippen LogP contribution in [0.25, 0.3) is 5.76 Å². The van der Waals surface area contributed by atoms with Crippen molar-refractivity contribution in [3.05, 3.63) is 99.0 Å². The maximum Gasteiger partial charge on any atom is 0.295 e. The first-order valence-corrected chi connectivity index (χ1v) is 11.9. The molecule has 6 nitrogen and oxygen atoms in total. The number of hydrogen-bond acceptors (Lipinski definition) is 5. The molecular weight excluding hydrogens is 510 g/mol. The SMILES string of the molecule is COc1ccc(CCN2C(=O)C(=O)C(=C(O)c3ccc(C)cc3)[C@@H]2c2ccc(Br)cc2)cc1OC. The first-order valence-electron chi connectivity index (χ1n) is 11.2. The lowest BCUT2D eigenvalue weighted by Gasteiger charge is -2.25. The number of ketones is 1. The van der Waals surface area contributed by atoms with Crippen LogP contribution in [0.4, 0.5) is 0 Å². The number of aryl methyl sites for hydroxylation is 1. The third-order valence-corrected chi connectivity index (χ3v) is 6.67. The summed E-state index contributed by atoms with van der Waals surface area (Å²) >= 11 is 3.44. The van der Waals surface area contributed by atoms with Gasteiger partial charge in [-0.05, 0) is 48.7 Å². The monoisotopic (exact) mass is 535 g/mol. The zero-order valence-corrected chi connectivity index (χ0v) is 21.3. The number of halogens is 1. The third kappa shape index (κ3) is 4.95. The highest BCUT2D eigenvalue weighted by molar-refractivity contribution is 9.10. The predicted molar refractivity (Wildman–Crippen MR) is 138 cm³/mol. The van der Waals surface area contributed by atoms with Crippen LogP contribution in [0.3, 0.4) is 0 Å². The van der Waals surface area contributed by atoms with Gasteiger partial charge in [0.25, 0.3) is 11.7 Å². The Morgan fingerprint density at radius 3 is 2.23 bits per heavy atom. The number of ether oxygens (including phenoxy) is 2. The molecule has 3 aromatic carbocycles. The zero-order chi connectivity index (χ0) is 25.1. The maximum atomic E-state index is 13.2. The van der Waals surface area contributed by atoms with Crippen LogP contribution in [-0.2, 0) is 16.0 Å². The Labute approximate surface area is 212 Å². The molecule has 0 spiro atoms. The van der Waals surface area contributed by atoms with Crippen LogP contribution in [0, 0.1) is 6.92 Å². The third-order valence-electron chi connectivity index (χ3n) is 6.14. The van der Waals surface area contributed by atoms with Crippen molar-refractivity contribution in [2.45, 2.75) is 19.4 Å². The molecule has 1 amide bonds. The van der Waals surface area contributed by atoms with Gasteiger partial charge in [0.05, 0.1) is 25.8 Å². The van der Waals surface area contributed by atoms with Crippen LogP contribution in [0.15, 0.2) is 76.8 Å². The van der Waals surface area contributed by atoms with E-state index in [4.69, 9.17) is 9.47 Å². The molecule has 0 bridgehead atoms. The van der Waals surface area contributed by atoms with Gasteiger partial charge < -0.3 is 19.5 Å². The average Bonchev–Trinajstić information content (AvgIpc) is 3.12. The highest BCUT2D eigenvalue weighted by Crippen LogP contribution is 2.40. The number of likely N-dealkylation sites (tertiary alicyclic amines) is 1. The predicted octanol–water partition coefficient (Wildman–Crippen LogP) is 5.44. The number of benzene rings is 3.